The van der Waals surface area contributed by atoms with Crippen molar-refractivity contribution in [3.05, 3.63) is 71.2 Å². The highest BCUT2D eigenvalue weighted by Crippen LogP contribution is 2.23. The maximum absolute atomic E-state index is 12.1. The van der Waals surface area contributed by atoms with E-state index in [2.05, 4.69) is 48.2 Å². The van der Waals surface area contributed by atoms with Crippen molar-refractivity contribution < 1.29 is 4.79 Å². The van der Waals surface area contributed by atoms with Crippen LogP contribution < -0.4 is 5.32 Å². The molecule has 0 atom stereocenters. The van der Waals surface area contributed by atoms with Crippen LogP contribution in [-0.4, -0.2) is 16.7 Å². The van der Waals surface area contributed by atoms with E-state index in [1.807, 2.05) is 30.3 Å². The largest absolute Gasteiger partial charge is 0.305 e. The molecule has 1 aliphatic rings. The minimum absolute atomic E-state index is 0.101. The molecule has 0 fully saturated rings. The Hall–Kier alpha value is -2.75. The molecule has 2 heterocycles. The molecular formula is C19H19N3O. The number of carbonyl (C=O) groups is 1. The van der Waals surface area contributed by atoms with Crippen LogP contribution in [0.5, 0.6) is 0 Å². The fourth-order valence-corrected chi connectivity index (χ4v) is 2.33. The molecule has 1 aromatic heterocycles. The van der Waals surface area contributed by atoms with E-state index in [1.165, 1.54) is 5.56 Å². The third-order valence-corrected chi connectivity index (χ3v) is 3.69. The monoisotopic (exact) mass is 305 g/mol. The molecule has 23 heavy (non-hydrogen) atoms. The van der Waals surface area contributed by atoms with Gasteiger partial charge in [-0.25, -0.2) is 4.99 Å². The van der Waals surface area contributed by atoms with E-state index in [4.69, 9.17) is 0 Å². The molecule has 0 saturated carbocycles. The predicted molar refractivity (Wildman–Crippen MR) is 92.0 cm³/mol. The number of amidine groups is 1. The summed E-state index contributed by atoms with van der Waals surface area (Å²) >= 11 is 0. The van der Waals surface area contributed by atoms with Crippen molar-refractivity contribution in [2.75, 3.05) is 0 Å². The van der Waals surface area contributed by atoms with E-state index in [0.29, 0.717) is 17.2 Å². The summed E-state index contributed by atoms with van der Waals surface area (Å²) in [5.74, 6) is 0.378. The minimum atomic E-state index is -0.203. The van der Waals surface area contributed by atoms with Crippen LogP contribution in [0.4, 0.5) is 0 Å². The van der Waals surface area contributed by atoms with E-state index in [0.717, 1.165) is 5.56 Å². The van der Waals surface area contributed by atoms with Crippen LogP contribution >= 0.6 is 0 Å². The van der Waals surface area contributed by atoms with E-state index in [9.17, 15) is 4.79 Å². The van der Waals surface area contributed by atoms with Gasteiger partial charge in [0.15, 0.2) is 0 Å². The van der Waals surface area contributed by atoms with E-state index in [-0.39, 0.29) is 11.3 Å². The fourth-order valence-electron chi connectivity index (χ4n) is 2.33. The van der Waals surface area contributed by atoms with Crippen LogP contribution in [0, 0.1) is 0 Å². The summed E-state index contributed by atoms with van der Waals surface area (Å²) in [5.41, 5.74) is 3.33. The van der Waals surface area contributed by atoms with Gasteiger partial charge >= 0.3 is 0 Å². The van der Waals surface area contributed by atoms with Gasteiger partial charge in [0.1, 0.15) is 11.5 Å². The number of benzene rings is 1. The Balaban J connectivity index is 1.88. The van der Waals surface area contributed by atoms with Gasteiger partial charge in [-0.05, 0) is 29.2 Å². The van der Waals surface area contributed by atoms with Gasteiger partial charge in [0.25, 0.3) is 5.91 Å². The Morgan fingerprint density at radius 1 is 1.04 bits per heavy atom. The predicted octanol–water partition coefficient (Wildman–Crippen LogP) is 3.30. The van der Waals surface area contributed by atoms with Gasteiger partial charge in [-0.15, -0.1) is 0 Å². The van der Waals surface area contributed by atoms with E-state index >= 15 is 0 Å². The molecule has 0 unspecified atom stereocenters. The molecule has 1 aliphatic heterocycles. The van der Waals surface area contributed by atoms with Crippen LogP contribution in [0.3, 0.4) is 0 Å². The van der Waals surface area contributed by atoms with Crippen molar-refractivity contribution in [3.63, 3.8) is 0 Å². The molecule has 0 bridgehead atoms. The number of rotatable bonds is 2. The smallest absolute Gasteiger partial charge is 0.275 e. The summed E-state index contributed by atoms with van der Waals surface area (Å²) in [6.07, 6.45) is 3.38. The maximum Gasteiger partial charge on any atom is 0.275 e. The van der Waals surface area contributed by atoms with Crippen LogP contribution in [-0.2, 0) is 10.2 Å². The van der Waals surface area contributed by atoms with Crippen molar-refractivity contribution in [1.82, 2.24) is 10.3 Å². The quantitative estimate of drug-likeness (QED) is 0.866. The first-order chi connectivity index (χ1) is 10.9. The van der Waals surface area contributed by atoms with Crippen LogP contribution in [0.25, 0.3) is 6.08 Å². The summed E-state index contributed by atoms with van der Waals surface area (Å²) in [6.45, 7) is 6.51. The molecule has 2 aromatic rings. The standard InChI is InChI=1S/C19H19N3O/c1-19(2,3)14-9-7-13(8-10-14)17-21-16(18(23)22-17)12-15-6-4-5-11-20-15/h4-12H,1-3H3,(H,21,22,23)/b16-12+. The van der Waals surface area contributed by atoms with Gasteiger partial charge in [0, 0.05) is 11.8 Å². The lowest BCUT2D eigenvalue weighted by atomic mass is 9.86. The molecule has 0 aliphatic carbocycles. The maximum atomic E-state index is 12.1. The molecule has 4 nitrogen and oxygen atoms in total. The van der Waals surface area contributed by atoms with Gasteiger partial charge in [-0.3, -0.25) is 9.78 Å². The topological polar surface area (TPSA) is 54.4 Å². The Labute approximate surface area is 136 Å². The first-order valence-electron chi connectivity index (χ1n) is 7.57. The van der Waals surface area contributed by atoms with Crippen molar-refractivity contribution in [3.8, 4) is 0 Å². The number of hydrogen-bond acceptors (Lipinski definition) is 3. The number of nitrogens with zero attached hydrogens (tertiary/aromatic N) is 2. The Bertz CT molecular complexity index is 782. The third-order valence-electron chi connectivity index (χ3n) is 3.69. The van der Waals surface area contributed by atoms with Crippen molar-refractivity contribution in [2.24, 2.45) is 4.99 Å². The van der Waals surface area contributed by atoms with E-state index < -0.39 is 0 Å². The highest BCUT2D eigenvalue weighted by atomic mass is 16.2. The van der Waals surface area contributed by atoms with Gasteiger partial charge < -0.3 is 5.32 Å². The minimum Gasteiger partial charge on any atom is -0.305 e. The molecule has 4 heteroatoms. The zero-order chi connectivity index (χ0) is 16.4. The zero-order valence-corrected chi connectivity index (χ0v) is 13.5. The van der Waals surface area contributed by atoms with Crippen LogP contribution in [0.1, 0.15) is 37.6 Å². The summed E-state index contributed by atoms with van der Waals surface area (Å²) < 4.78 is 0. The number of amides is 1. The Morgan fingerprint density at radius 3 is 2.39 bits per heavy atom. The summed E-state index contributed by atoms with van der Waals surface area (Å²) in [6, 6.07) is 13.7. The normalized spacial score (nSPS) is 16.4. The van der Waals surface area contributed by atoms with Crippen molar-refractivity contribution in [1.29, 1.82) is 0 Å². The average Bonchev–Trinajstić information content (AvgIpc) is 2.89. The number of aromatic nitrogens is 1. The second-order valence-electron chi connectivity index (χ2n) is 6.53. The lowest BCUT2D eigenvalue weighted by Gasteiger charge is -2.19. The highest BCUT2D eigenvalue weighted by Gasteiger charge is 2.22. The average molecular weight is 305 g/mol. The molecule has 1 aromatic carbocycles. The molecule has 1 amide bonds. The van der Waals surface area contributed by atoms with Gasteiger partial charge in [0.2, 0.25) is 0 Å². The number of hydrogen-bond donors (Lipinski definition) is 1. The lowest BCUT2D eigenvalue weighted by molar-refractivity contribution is -0.115. The first-order valence-corrected chi connectivity index (χ1v) is 7.57. The fraction of sp³-hybridized carbons (Fsp3) is 0.211. The van der Waals surface area contributed by atoms with Gasteiger partial charge in [-0.2, -0.15) is 0 Å². The third kappa shape index (κ3) is 3.37. The van der Waals surface area contributed by atoms with Crippen molar-refractivity contribution >= 4 is 17.8 Å². The molecule has 0 spiro atoms. The molecular weight excluding hydrogens is 286 g/mol. The molecule has 1 N–H and O–H groups in total. The highest BCUT2D eigenvalue weighted by molar-refractivity contribution is 6.19. The SMILES string of the molecule is CC(C)(C)c1ccc(C2=N/C(=C/c3ccccn3)C(=O)N2)cc1. The van der Waals surface area contributed by atoms with Crippen molar-refractivity contribution in [2.45, 2.75) is 26.2 Å². The first kappa shape index (κ1) is 15.2. The molecule has 0 saturated heterocycles. The van der Waals surface area contributed by atoms with Crippen LogP contribution in [0.2, 0.25) is 0 Å². The number of pyridine rings is 1. The molecule has 3 rings (SSSR count). The molecule has 0 radical (unpaired) electrons. The van der Waals surface area contributed by atoms with E-state index in [1.54, 1.807) is 12.3 Å². The Morgan fingerprint density at radius 2 is 1.78 bits per heavy atom. The zero-order valence-electron chi connectivity index (χ0n) is 13.5. The van der Waals surface area contributed by atoms with Gasteiger partial charge in [-0.1, -0.05) is 51.1 Å². The summed E-state index contributed by atoms with van der Waals surface area (Å²) in [4.78, 5) is 20.7. The Kier molecular flexibility index (Phi) is 3.82. The number of nitrogens with one attached hydrogen (secondary N) is 1. The number of aliphatic imine (C=N–C) groups is 1. The summed E-state index contributed by atoms with van der Waals surface area (Å²) in [5, 5.41) is 2.81. The van der Waals surface area contributed by atoms with Gasteiger partial charge in [0.05, 0.1) is 5.69 Å². The lowest BCUT2D eigenvalue weighted by Crippen LogP contribution is -2.24. The second-order valence-corrected chi connectivity index (χ2v) is 6.53. The number of carbonyl (C=O) groups excluding carboxylic acids is 1. The second kappa shape index (κ2) is 5.80. The van der Waals surface area contributed by atoms with Crippen LogP contribution in [0.15, 0.2) is 59.4 Å². The molecule has 116 valence electrons. The summed E-state index contributed by atoms with van der Waals surface area (Å²) in [7, 11) is 0.